The molecule has 1 aromatic rings. The number of carbonyl (C=O) groups is 1. The van der Waals surface area contributed by atoms with Gasteiger partial charge in [0.25, 0.3) is 0 Å². The fraction of sp³-hybridized carbons (Fsp3) is 0.143. The lowest BCUT2D eigenvalue weighted by Crippen LogP contribution is -1.96. The summed E-state index contributed by atoms with van der Waals surface area (Å²) in [6.45, 7) is 3.54. The molecule has 0 atom stereocenters. The molecular weight excluding hydrogens is 128 g/mol. The third-order valence-electron chi connectivity index (χ3n) is 1.35. The Kier molecular flexibility index (Phi) is 1.67. The first-order valence-electron chi connectivity index (χ1n) is 2.89. The number of aromatic nitrogens is 2. The maximum atomic E-state index is 10.4. The Labute approximate surface area is 59.0 Å². The lowest BCUT2D eigenvalue weighted by Gasteiger charge is -1.90. The van der Waals surface area contributed by atoms with E-state index in [0.29, 0.717) is 5.69 Å². The van der Waals surface area contributed by atoms with Crippen molar-refractivity contribution in [2.75, 3.05) is 0 Å². The highest BCUT2D eigenvalue weighted by molar-refractivity contribution is 5.78. The number of rotatable bonds is 2. The molecule has 0 aliphatic rings. The first-order chi connectivity index (χ1) is 4.79. The van der Waals surface area contributed by atoms with E-state index in [1.165, 1.54) is 4.68 Å². The summed E-state index contributed by atoms with van der Waals surface area (Å²) in [5, 5.41) is 3.87. The van der Waals surface area contributed by atoms with Crippen LogP contribution in [-0.4, -0.2) is 16.1 Å². The third-order valence-corrected chi connectivity index (χ3v) is 1.35. The predicted octanol–water partition coefficient (Wildman–Crippen LogP) is 0.876. The van der Waals surface area contributed by atoms with Crippen LogP contribution < -0.4 is 0 Å². The molecule has 0 radical (unpaired) electrons. The van der Waals surface area contributed by atoms with E-state index < -0.39 is 0 Å². The van der Waals surface area contributed by atoms with Gasteiger partial charge in [0.05, 0.1) is 6.20 Å². The van der Waals surface area contributed by atoms with E-state index in [0.717, 1.165) is 11.8 Å². The topological polar surface area (TPSA) is 34.9 Å². The molecule has 3 nitrogen and oxygen atoms in total. The van der Waals surface area contributed by atoms with Crippen molar-refractivity contribution in [2.24, 2.45) is 7.05 Å². The molecule has 0 fully saturated rings. The molecule has 0 spiro atoms. The average molecular weight is 136 g/mol. The fourth-order valence-corrected chi connectivity index (χ4v) is 0.766. The minimum Gasteiger partial charge on any atom is -0.296 e. The van der Waals surface area contributed by atoms with Gasteiger partial charge in [0.15, 0.2) is 6.29 Å². The summed E-state index contributed by atoms with van der Waals surface area (Å²) in [6.07, 6.45) is 3.98. The molecule has 0 saturated heterocycles. The zero-order valence-corrected chi connectivity index (χ0v) is 5.74. The van der Waals surface area contributed by atoms with E-state index in [9.17, 15) is 4.79 Å². The molecule has 0 amide bonds. The van der Waals surface area contributed by atoms with Crippen LogP contribution in [0.25, 0.3) is 6.08 Å². The summed E-state index contributed by atoms with van der Waals surface area (Å²) < 4.78 is 1.52. The van der Waals surface area contributed by atoms with Crippen molar-refractivity contribution in [1.29, 1.82) is 0 Å². The lowest BCUT2D eigenvalue weighted by molar-refractivity contribution is 0.111. The first kappa shape index (κ1) is 6.74. The fourth-order valence-electron chi connectivity index (χ4n) is 0.766. The molecule has 0 bridgehead atoms. The quantitative estimate of drug-likeness (QED) is 0.565. The summed E-state index contributed by atoms with van der Waals surface area (Å²) in [5.74, 6) is 0. The minimum absolute atomic E-state index is 0.565. The molecule has 0 N–H and O–H groups in total. The number of carbonyl (C=O) groups excluding carboxylic acids is 1. The molecule has 1 aromatic heterocycles. The minimum atomic E-state index is 0.565. The molecule has 0 aliphatic carbocycles. The zero-order valence-electron chi connectivity index (χ0n) is 5.74. The van der Waals surface area contributed by atoms with E-state index >= 15 is 0 Å². The van der Waals surface area contributed by atoms with Crippen LogP contribution in [0.1, 0.15) is 16.1 Å². The van der Waals surface area contributed by atoms with Gasteiger partial charge in [0.2, 0.25) is 0 Å². The van der Waals surface area contributed by atoms with Gasteiger partial charge in [0.1, 0.15) is 5.69 Å². The second-order valence-electron chi connectivity index (χ2n) is 1.93. The average Bonchev–Trinajstić information content (AvgIpc) is 2.30. The largest absolute Gasteiger partial charge is 0.296 e. The van der Waals surface area contributed by atoms with Crippen LogP contribution in [0.5, 0.6) is 0 Å². The number of aryl methyl sites for hydroxylation is 1. The van der Waals surface area contributed by atoms with Crippen LogP contribution in [-0.2, 0) is 7.05 Å². The van der Waals surface area contributed by atoms with Gasteiger partial charge in [-0.1, -0.05) is 12.7 Å². The second kappa shape index (κ2) is 2.47. The van der Waals surface area contributed by atoms with Crippen LogP contribution in [0.2, 0.25) is 0 Å². The molecule has 0 unspecified atom stereocenters. The Hall–Kier alpha value is -1.38. The number of hydrogen-bond donors (Lipinski definition) is 0. The highest BCUT2D eigenvalue weighted by Gasteiger charge is 2.01. The SMILES string of the molecule is C=Cc1cnn(C)c1C=O. The molecule has 1 heterocycles. The molecular formula is C7H8N2O. The van der Waals surface area contributed by atoms with Gasteiger partial charge in [-0.15, -0.1) is 0 Å². The zero-order chi connectivity index (χ0) is 7.56. The Morgan fingerprint density at radius 3 is 2.90 bits per heavy atom. The normalized spacial score (nSPS) is 9.30. The van der Waals surface area contributed by atoms with E-state index in [4.69, 9.17) is 0 Å². The molecule has 0 aromatic carbocycles. The van der Waals surface area contributed by atoms with Crippen LogP contribution in [0.3, 0.4) is 0 Å². The summed E-state index contributed by atoms with van der Waals surface area (Å²) in [5.41, 5.74) is 1.34. The molecule has 1 rings (SSSR count). The van der Waals surface area contributed by atoms with Gasteiger partial charge in [0, 0.05) is 12.6 Å². The molecule has 10 heavy (non-hydrogen) atoms. The Bertz CT molecular complexity index is 263. The summed E-state index contributed by atoms with van der Waals surface area (Å²) in [7, 11) is 1.72. The maximum Gasteiger partial charge on any atom is 0.168 e. The van der Waals surface area contributed by atoms with Crippen molar-refractivity contribution >= 4 is 12.4 Å². The van der Waals surface area contributed by atoms with Gasteiger partial charge in [-0.2, -0.15) is 5.10 Å². The number of nitrogens with zero attached hydrogens (tertiary/aromatic N) is 2. The van der Waals surface area contributed by atoms with Crippen molar-refractivity contribution in [1.82, 2.24) is 9.78 Å². The smallest absolute Gasteiger partial charge is 0.168 e. The Balaban J connectivity index is 3.25. The predicted molar refractivity (Wildman–Crippen MR) is 38.7 cm³/mol. The molecule has 3 heteroatoms. The summed E-state index contributed by atoms with van der Waals surface area (Å²) in [6, 6.07) is 0. The second-order valence-corrected chi connectivity index (χ2v) is 1.93. The van der Waals surface area contributed by atoms with Gasteiger partial charge >= 0.3 is 0 Å². The van der Waals surface area contributed by atoms with E-state index in [2.05, 4.69) is 11.7 Å². The Morgan fingerprint density at radius 1 is 1.80 bits per heavy atom. The van der Waals surface area contributed by atoms with Crippen molar-refractivity contribution in [3.63, 3.8) is 0 Å². The van der Waals surface area contributed by atoms with Crippen molar-refractivity contribution in [3.8, 4) is 0 Å². The van der Waals surface area contributed by atoms with Gasteiger partial charge in [-0.25, -0.2) is 0 Å². The summed E-state index contributed by atoms with van der Waals surface area (Å²) in [4.78, 5) is 10.4. The molecule has 0 saturated carbocycles. The number of hydrogen-bond acceptors (Lipinski definition) is 2. The van der Waals surface area contributed by atoms with Gasteiger partial charge < -0.3 is 0 Å². The van der Waals surface area contributed by atoms with Crippen molar-refractivity contribution < 1.29 is 4.79 Å². The highest BCUT2D eigenvalue weighted by Crippen LogP contribution is 2.04. The third kappa shape index (κ3) is 0.857. The van der Waals surface area contributed by atoms with Crippen LogP contribution in [0.4, 0.5) is 0 Å². The highest BCUT2D eigenvalue weighted by atomic mass is 16.1. The Morgan fingerprint density at radius 2 is 2.50 bits per heavy atom. The van der Waals surface area contributed by atoms with Crippen LogP contribution in [0, 0.1) is 0 Å². The van der Waals surface area contributed by atoms with Gasteiger partial charge in [-0.3, -0.25) is 9.48 Å². The monoisotopic (exact) mass is 136 g/mol. The summed E-state index contributed by atoms with van der Waals surface area (Å²) >= 11 is 0. The van der Waals surface area contributed by atoms with Crippen molar-refractivity contribution in [2.45, 2.75) is 0 Å². The van der Waals surface area contributed by atoms with Crippen molar-refractivity contribution in [3.05, 3.63) is 24.0 Å². The standard InChI is InChI=1S/C7H8N2O/c1-3-6-4-8-9(2)7(6)5-10/h3-5H,1H2,2H3. The molecule has 0 aliphatic heterocycles. The van der Waals surface area contributed by atoms with Crippen LogP contribution in [0.15, 0.2) is 12.8 Å². The van der Waals surface area contributed by atoms with Gasteiger partial charge in [-0.05, 0) is 0 Å². The van der Waals surface area contributed by atoms with E-state index in [-0.39, 0.29) is 0 Å². The lowest BCUT2D eigenvalue weighted by atomic mass is 10.2. The first-order valence-corrected chi connectivity index (χ1v) is 2.89. The number of aldehydes is 1. The van der Waals surface area contributed by atoms with Crippen LogP contribution >= 0.6 is 0 Å². The van der Waals surface area contributed by atoms with E-state index in [1.54, 1.807) is 19.3 Å². The maximum absolute atomic E-state index is 10.4. The molecule has 52 valence electrons. The van der Waals surface area contributed by atoms with E-state index in [1.807, 2.05) is 0 Å².